The van der Waals surface area contributed by atoms with E-state index >= 15 is 0 Å². The molecule has 0 aliphatic rings. The molecule has 1 atom stereocenters. The van der Waals surface area contributed by atoms with E-state index < -0.39 is 5.25 Å². The Bertz CT molecular complexity index is 1010. The predicted octanol–water partition coefficient (Wildman–Crippen LogP) is 4.43. The molecule has 2 amide bonds. The van der Waals surface area contributed by atoms with E-state index in [0.717, 1.165) is 16.7 Å². The summed E-state index contributed by atoms with van der Waals surface area (Å²) in [6.07, 6.45) is 0. The Balaban J connectivity index is 1.61. The minimum Gasteiger partial charge on any atom is -0.411 e. The fraction of sp³-hybridized carbons (Fsp3) is 0.238. The molecule has 0 aliphatic heterocycles. The van der Waals surface area contributed by atoms with E-state index in [1.807, 2.05) is 26.0 Å². The Morgan fingerprint density at radius 3 is 2.14 bits per heavy atom. The smallest absolute Gasteiger partial charge is 0.277 e. The van der Waals surface area contributed by atoms with Crippen LogP contribution in [-0.2, 0) is 9.59 Å². The van der Waals surface area contributed by atoms with Crippen LogP contribution in [0.2, 0.25) is 0 Å². The molecule has 0 fully saturated rings. The van der Waals surface area contributed by atoms with Gasteiger partial charge in [0.25, 0.3) is 5.22 Å². The largest absolute Gasteiger partial charge is 0.411 e. The highest BCUT2D eigenvalue weighted by atomic mass is 32.2. The molecule has 3 aromatic rings. The third kappa shape index (κ3) is 5.68. The monoisotopic (exact) mass is 410 g/mol. The van der Waals surface area contributed by atoms with Crippen molar-refractivity contribution in [3.63, 3.8) is 0 Å². The Kier molecular flexibility index (Phi) is 6.33. The number of carbonyl (C=O) groups excluding carboxylic acids is 2. The van der Waals surface area contributed by atoms with Gasteiger partial charge in [-0.1, -0.05) is 29.0 Å². The summed E-state index contributed by atoms with van der Waals surface area (Å²) in [7, 11) is 0. The highest BCUT2D eigenvalue weighted by Crippen LogP contribution is 2.28. The SMILES string of the molecule is CC(=O)Nc1ccc(NC(=O)[C@H](C)Sc2nnc(-c3cc(C)cc(C)c3)o2)cc1. The van der Waals surface area contributed by atoms with Crippen LogP contribution in [-0.4, -0.2) is 27.3 Å². The Morgan fingerprint density at radius 1 is 0.966 bits per heavy atom. The third-order valence-electron chi connectivity index (χ3n) is 3.99. The third-order valence-corrected chi connectivity index (χ3v) is 4.93. The summed E-state index contributed by atoms with van der Waals surface area (Å²) >= 11 is 1.20. The molecular formula is C21H22N4O3S. The first kappa shape index (κ1) is 20.6. The lowest BCUT2D eigenvalue weighted by Crippen LogP contribution is -2.22. The lowest BCUT2D eigenvalue weighted by atomic mass is 10.1. The number of hydrogen-bond acceptors (Lipinski definition) is 6. The van der Waals surface area contributed by atoms with Crippen molar-refractivity contribution in [2.75, 3.05) is 10.6 Å². The van der Waals surface area contributed by atoms with Crippen LogP contribution in [0.5, 0.6) is 0 Å². The second-order valence-electron chi connectivity index (χ2n) is 6.76. The summed E-state index contributed by atoms with van der Waals surface area (Å²) in [5.74, 6) is 0.0976. The summed E-state index contributed by atoms with van der Waals surface area (Å²) in [6, 6.07) is 12.9. The molecule has 0 spiro atoms. The van der Waals surface area contributed by atoms with E-state index in [4.69, 9.17) is 4.42 Å². The van der Waals surface area contributed by atoms with Gasteiger partial charge in [-0.25, -0.2) is 0 Å². The van der Waals surface area contributed by atoms with Crippen molar-refractivity contribution in [3.05, 3.63) is 53.6 Å². The van der Waals surface area contributed by atoms with Crippen LogP contribution in [0, 0.1) is 13.8 Å². The van der Waals surface area contributed by atoms with Gasteiger partial charge in [0.05, 0.1) is 5.25 Å². The quantitative estimate of drug-likeness (QED) is 0.584. The number of amides is 2. The van der Waals surface area contributed by atoms with Crippen LogP contribution in [0.15, 0.2) is 52.1 Å². The predicted molar refractivity (Wildman–Crippen MR) is 114 cm³/mol. The molecule has 0 aliphatic carbocycles. The number of nitrogens with zero attached hydrogens (tertiary/aromatic N) is 2. The molecule has 0 bridgehead atoms. The number of nitrogens with one attached hydrogen (secondary N) is 2. The van der Waals surface area contributed by atoms with Gasteiger partial charge in [0.15, 0.2) is 0 Å². The first-order valence-electron chi connectivity index (χ1n) is 9.07. The first-order chi connectivity index (χ1) is 13.8. The van der Waals surface area contributed by atoms with Gasteiger partial charge in [0.1, 0.15) is 0 Å². The second kappa shape index (κ2) is 8.91. The van der Waals surface area contributed by atoms with E-state index in [2.05, 4.69) is 26.9 Å². The van der Waals surface area contributed by atoms with Crippen LogP contribution in [0.1, 0.15) is 25.0 Å². The molecule has 1 heterocycles. The molecule has 7 nitrogen and oxygen atoms in total. The van der Waals surface area contributed by atoms with Crippen LogP contribution in [0.3, 0.4) is 0 Å². The molecule has 0 unspecified atom stereocenters. The van der Waals surface area contributed by atoms with Crippen LogP contribution < -0.4 is 10.6 Å². The van der Waals surface area contributed by atoms with E-state index in [-0.39, 0.29) is 11.8 Å². The number of hydrogen-bond donors (Lipinski definition) is 2. The molecule has 2 aromatic carbocycles. The second-order valence-corrected chi connectivity index (χ2v) is 8.05. The average molecular weight is 410 g/mol. The number of anilines is 2. The van der Waals surface area contributed by atoms with E-state index in [1.165, 1.54) is 18.7 Å². The van der Waals surface area contributed by atoms with Gasteiger partial charge in [-0.15, -0.1) is 10.2 Å². The maximum Gasteiger partial charge on any atom is 0.277 e. The van der Waals surface area contributed by atoms with E-state index in [0.29, 0.717) is 22.5 Å². The number of rotatable bonds is 6. The zero-order valence-corrected chi connectivity index (χ0v) is 17.5. The molecular weight excluding hydrogens is 388 g/mol. The fourth-order valence-corrected chi connectivity index (χ4v) is 3.44. The zero-order valence-electron chi connectivity index (χ0n) is 16.6. The van der Waals surface area contributed by atoms with Crippen molar-refractivity contribution in [2.45, 2.75) is 38.2 Å². The van der Waals surface area contributed by atoms with Crippen LogP contribution in [0.4, 0.5) is 11.4 Å². The van der Waals surface area contributed by atoms with Crippen molar-refractivity contribution in [1.29, 1.82) is 0 Å². The van der Waals surface area contributed by atoms with Gasteiger partial charge >= 0.3 is 0 Å². The topological polar surface area (TPSA) is 97.1 Å². The molecule has 3 rings (SSSR count). The lowest BCUT2D eigenvalue weighted by Gasteiger charge is -2.10. The van der Waals surface area contributed by atoms with E-state index in [9.17, 15) is 9.59 Å². The normalized spacial score (nSPS) is 11.7. The molecule has 0 saturated carbocycles. The standard InChI is InChI=1S/C21H22N4O3S/c1-12-9-13(2)11-16(10-12)20-24-25-21(28-20)29-14(3)19(27)23-18-7-5-17(6-8-18)22-15(4)26/h5-11,14H,1-4H3,(H,22,26)(H,23,27)/t14-/m0/s1. The lowest BCUT2D eigenvalue weighted by molar-refractivity contribution is -0.115. The van der Waals surface area contributed by atoms with Crippen molar-refractivity contribution in [2.24, 2.45) is 0 Å². The van der Waals surface area contributed by atoms with Gasteiger partial charge in [0.2, 0.25) is 17.7 Å². The molecule has 29 heavy (non-hydrogen) atoms. The van der Waals surface area contributed by atoms with Crippen LogP contribution in [0.25, 0.3) is 11.5 Å². The number of aromatic nitrogens is 2. The number of benzene rings is 2. The highest BCUT2D eigenvalue weighted by molar-refractivity contribution is 8.00. The Labute approximate surface area is 173 Å². The van der Waals surface area contributed by atoms with Gasteiger partial charge in [-0.2, -0.15) is 0 Å². The van der Waals surface area contributed by atoms with Crippen molar-refractivity contribution in [1.82, 2.24) is 10.2 Å². The number of aryl methyl sites for hydroxylation is 2. The Morgan fingerprint density at radius 2 is 1.55 bits per heavy atom. The highest BCUT2D eigenvalue weighted by Gasteiger charge is 2.19. The zero-order chi connectivity index (χ0) is 21.0. The van der Waals surface area contributed by atoms with Crippen molar-refractivity contribution in [3.8, 4) is 11.5 Å². The van der Waals surface area contributed by atoms with E-state index in [1.54, 1.807) is 31.2 Å². The maximum atomic E-state index is 12.5. The van der Waals surface area contributed by atoms with Gasteiger partial charge < -0.3 is 15.1 Å². The van der Waals surface area contributed by atoms with Crippen molar-refractivity contribution >= 4 is 35.0 Å². The minimum absolute atomic E-state index is 0.147. The molecule has 0 radical (unpaired) electrons. The van der Waals surface area contributed by atoms with Crippen LogP contribution >= 0.6 is 11.8 Å². The fourth-order valence-electron chi connectivity index (χ4n) is 2.76. The summed E-state index contributed by atoms with van der Waals surface area (Å²) in [6.45, 7) is 7.24. The van der Waals surface area contributed by atoms with Crippen molar-refractivity contribution < 1.29 is 14.0 Å². The minimum atomic E-state index is -0.433. The van der Waals surface area contributed by atoms with Gasteiger partial charge in [0, 0.05) is 23.9 Å². The molecule has 1 aromatic heterocycles. The molecule has 8 heteroatoms. The summed E-state index contributed by atoms with van der Waals surface area (Å²) < 4.78 is 5.72. The molecule has 150 valence electrons. The maximum absolute atomic E-state index is 12.5. The summed E-state index contributed by atoms with van der Waals surface area (Å²) in [4.78, 5) is 23.5. The first-order valence-corrected chi connectivity index (χ1v) is 9.95. The van der Waals surface area contributed by atoms with Gasteiger partial charge in [-0.3, -0.25) is 9.59 Å². The molecule has 2 N–H and O–H groups in total. The van der Waals surface area contributed by atoms with Gasteiger partial charge in [-0.05, 0) is 57.2 Å². The Hall–Kier alpha value is -3.13. The number of thioether (sulfide) groups is 1. The number of carbonyl (C=O) groups is 2. The summed E-state index contributed by atoms with van der Waals surface area (Å²) in [5.41, 5.74) is 4.40. The summed E-state index contributed by atoms with van der Waals surface area (Å²) in [5, 5.41) is 13.6. The average Bonchev–Trinajstić information content (AvgIpc) is 3.10. The molecule has 0 saturated heterocycles.